The van der Waals surface area contributed by atoms with Crippen molar-refractivity contribution in [3.8, 4) is 17.3 Å². The molecular formula is C12H10BN3O3S. The van der Waals surface area contributed by atoms with E-state index in [0.717, 1.165) is 0 Å². The molecule has 2 aromatic rings. The highest BCUT2D eigenvalue weighted by Crippen LogP contribution is 2.20. The molecule has 0 aliphatic rings. The maximum atomic E-state index is 11.8. The maximum Gasteiger partial charge on any atom is 0.488 e. The number of H-pyrrole nitrogens is 1. The lowest BCUT2D eigenvalue weighted by molar-refractivity contribution is 0.426. The van der Waals surface area contributed by atoms with Gasteiger partial charge in [-0.1, -0.05) is 36.0 Å². The Morgan fingerprint density at radius 2 is 2.20 bits per heavy atom. The Balaban J connectivity index is 2.68. The van der Waals surface area contributed by atoms with Crippen molar-refractivity contribution < 1.29 is 10.0 Å². The number of nitrogens with one attached hydrogen (secondary N) is 1. The maximum absolute atomic E-state index is 11.8. The number of nitriles is 1. The minimum Gasteiger partial charge on any atom is -0.423 e. The lowest BCUT2D eigenvalue weighted by atomic mass is 9.79. The molecule has 0 aliphatic heterocycles. The van der Waals surface area contributed by atoms with Crippen molar-refractivity contribution in [2.45, 2.75) is 5.16 Å². The van der Waals surface area contributed by atoms with Crippen LogP contribution in [0.4, 0.5) is 0 Å². The highest BCUT2D eigenvalue weighted by Gasteiger charge is 2.16. The molecule has 0 saturated heterocycles. The second-order valence-corrected chi connectivity index (χ2v) is 4.70. The Morgan fingerprint density at radius 1 is 1.45 bits per heavy atom. The molecule has 2 rings (SSSR count). The van der Waals surface area contributed by atoms with Gasteiger partial charge in [0.15, 0.2) is 5.16 Å². The summed E-state index contributed by atoms with van der Waals surface area (Å²) in [4.78, 5) is 18.5. The predicted molar refractivity (Wildman–Crippen MR) is 76.6 cm³/mol. The molecule has 1 aromatic carbocycles. The standard InChI is InChI=1S/C12H10BN3O3S/c1-20-12-15-10(9(6-14)11(17)16-12)7-3-2-4-8(5-7)13(18)19/h2-5,18-19H,1H3,(H,15,16,17). The summed E-state index contributed by atoms with van der Waals surface area (Å²) in [6.45, 7) is 0. The first-order valence-corrected chi connectivity index (χ1v) is 6.84. The Morgan fingerprint density at radius 3 is 2.80 bits per heavy atom. The molecule has 0 unspecified atom stereocenters. The number of hydrogen-bond acceptors (Lipinski definition) is 6. The molecule has 0 saturated carbocycles. The molecule has 0 amide bonds. The second-order valence-electron chi connectivity index (χ2n) is 3.91. The van der Waals surface area contributed by atoms with E-state index in [4.69, 9.17) is 5.26 Å². The quantitative estimate of drug-likeness (QED) is 0.406. The van der Waals surface area contributed by atoms with Crippen LogP contribution in [0.15, 0.2) is 34.2 Å². The molecule has 0 spiro atoms. The van der Waals surface area contributed by atoms with Crippen molar-refractivity contribution in [3.05, 3.63) is 40.2 Å². The van der Waals surface area contributed by atoms with Gasteiger partial charge in [0.2, 0.25) is 0 Å². The van der Waals surface area contributed by atoms with Gasteiger partial charge in [-0.15, -0.1) is 0 Å². The van der Waals surface area contributed by atoms with E-state index in [-0.39, 0.29) is 16.7 Å². The summed E-state index contributed by atoms with van der Waals surface area (Å²) in [5.74, 6) is 0. The van der Waals surface area contributed by atoms with Crippen molar-refractivity contribution in [1.29, 1.82) is 5.26 Å². The zero-order valence-electron chi connectivity index (χ0n) is 10.5. The van der Waals surface area contributed by atoms with E-state index < -0.39 is 12.7 Å². The smallest absolute Gasteiger partial charge is 0.423 e. The second kappa shape index (κ2) is 5.92. The minimum absolute atomic E-state index is 0.104. The lowest BCUT2D eigenvalue weighted by Crippen LogP contribution is -2.29. The van der Waals surface area contributed by atoms with Crippen molar-refractivity contribution in [2.24, 2.45) is 0 Å². The van der Waals surface area contributed by atoms with Crippen LogP contribution in [-0.2, 0) is 0 Å². The number of rotatable bonds is 3. The zero-order valence-corrected chi connectivity index (χ0v) is 11.3. The van der Waals surface area contributed by atoms with Crippen LogP contribution in [-0.4, -0.2) is 33.4 Å². The van der Waals surface area contributed by atoms with E-state index in [1.807, 2.05) is 6.07 Å². The number of hydrogen-bond donors (Lipinski definition) is 3. The Hall–Kier alpha value is -2.08. The molecule has 1 heterocycles. The van der Waals surface area contributed by atoms with E-state index in [2.05, 4.69) is 9.97 Å². The zero-order chi connectivity index (χ0) is 14.7. The van der Waals surface area contributed by atoms with Crippen molar-refractivity contribution in [3.63, 3.8) is 0 Å². The molecule has 100 valence electrons. The lowest BCUT2D eigenvalue weighted by Gasteiger charge is -2.07. The molecule has 1 aromatic heterocycles. The van der Waals surface area contributed by atoms with Crippen LogP contribution in [0.5, 0.6) is 0 Å². The van der Waals surface area contributed by atoms with Gasteiger partial charge in [-0.2, -0.15) is 5.26 Å². The fourth-order valence-electron chi connectivity index (χ4n) is 1.71. The van der Waals surface area contributed by atoms with Crippen LogP contribution < -0.4 is 11.0 Å². The van der Waals surface area contributed by atoms with Crippen molar-refractivity contribution in [2.75, 3.05) is 6.26 Å². The fourth-order valence-corrected chi connectivity index (χ4v) is 2.09. The Kier molecular flexibility index (Phi) is 4.24. The van der Waals surface area contributed by atoms with Crippen LogP contribution in [0.1, 0.15) is 5.56 Å². The number of aromatic amines is 1. The van der Waals surface area contributed by atoms with Crippen molar-refractivity contribution in [1.82, 2.24) is 9.97 Å². The predicted octanol–water partition coefficient (Wildman–Crippen LogP) is -0.290. The van der Waals surface area contributed by atoms with Gasteiger partial charge in [-0.05, 0) is 11.7 Å². The highest BCUT2D eigenvalue weighted by molar-refractivity contribution is 7.98. The summed E-state index contributed by atoms with van der Waals surface area (Å²) in [5.41, 5.74) is 0.347. The van der Waals surface area contributed by atoms with Gasteiger partial charge >= 0.3 is 7.12 Å². The topological polar surface area (TPSA) is 110 Å². The molecule has 0 atom stereocenters. The average Bonchev–Trinajstić information content (AvgIpc) is 2.46. The molecule has 20 heavy (non-hydrogen) atoms. The van der Waals surface area contributed by atoms with Gasteiger partial charge in [0.25, 0.3) is 5.56 Å². The number of nitrogens with zero attached hydrogens (tertiary/aromatic N) is 2. The van der Waals surface area contributed by atoms with Gasteiger partial charge < -0.3 is 15.0 Å². The van der Waals surface area contributed by atoms with Crippen LogP contribution in [0.3, 0.4) is 0 Å². The molecule has 6 nitrogen and oxygen atoms in total. The third kappa shape index (κ3) is 2.75. The van der Waals surface area contributed by atoms with Crippen LogP contribution in [0.25, 0.3) is 11.3 Å². The number of aromatic nitrogens is 2. The third-order valence-electron chi connectivity index (χ3n) is 2.66. The molecule has 8 heteroatoms. The highest BCUT2D eigenvalue weighted by atomic mass is 32.2. The van der Waals surface area contributed by atoms with Gasteiger partial charge in [-0.25, -0.2) is 4.98 Å². The molecule has 0 bridgehead atoms. The van der Waals surface area contributed by atoms with Crippen LogP contribution >= 0.6 is 11.8 Å². The average molecular weight is 287 g/mol. The van der Waals surface area contributed by atoms with E-state index in [1.54, 1.807) is 18.4 Å². The van der Waals surface area contributed by atoms with Gasteiger partial charge in [0, 0.05) is 5.56 Å². The molecule has 3 N–H and O–H groups in total. The van der Waals surface area contributed by atoms with Gasteiger partial charge in [0.1, 0.15) is 11.6 Å². The Bertz CT molecular complexity index is 739. The summed E-state index contributed by atoms with van der Waals surface area (Å²) in [6, 6.07) is 8.09. The van der Waals surface area contributed by atoms with Crippen molar-refractivity contribution >= 4 is 24.3 Å². The first kappa shape index (κ1) is 14.3. The first-order valence-electron chi connectivity index (χ1n) is 5.61. The molecule has 0 fully saturated rings. The molecule has 0 aliphatic carbocycles. The monoisotopic (exact) mass is 287 g/mol. The van der Waals surface area contributed by atoms with Gasteiger partial charge in [-0.3, -0.25) is 4.79 Å². The molecule has 0 radical (unpaired) electrons. The summed E-state index contributed by atoms with van der Waals surface area (Å²) in [5, 5.41) is 27.8. The fraction of sp³-hybridized carbons (Fsp3) is 0.0833. The number of benzene rings is 1. The van der Waals surface area contributed by atoms with E-state index in [9.17, 15) is 14.8 Å². The summed E-state index contributed by atoms with van der Waals surface area (Å²) < 4.78 is 0. The third-order valence-corrected chi connectivity index (χ3v) is 3.24. The largest absolute Gasteiger partial charge is 0.488 e. The summed E-state index contributed by atoms with van der Waals surface area (Å²) in [6.07, 6.45) is 1.75. The van der Waals surface area contributed by atoms with E-state index in [1.165, 1.54) is 23.9 Å². The minimum atomic E-state index is -1.62. The first-order chi connectivity index (χ1) is 9.56. The van der Waals surface area contributed by atoms with Crippen LogP contribution in [0.2, 0.25) is 0 Å². The summed E-state index contributed by atoms with van der Waals surface area (Å²) in [7, 11) is -1.62. The van der Waals surface area contributed by atoms with Crippen LogP contribution in [0, 0.1) is 11.3 Å². The van der Waals surface area contributed by atoms with E-state index in [0.29, 0.717) is 10.7 Å². The van der Waals surface area contributed by atoms with E-state index >= 15 is 0 Å². The Labute approximate surface area is 119 Å². The normalized spacial score (nSPS) is 10.1. The summed E-state index contributed by atoms with van der Waals surface area (Å²) >= 11 is 1.25. The number of thioether (sulfide) groups is 1. The SMILES string of the molecule is CSc1nc(-c2cccc(B(O)O)c2)c(C#N)c(=O)[nH]1. The van der Waals surface area contributed by atoms with Gasteiger partial charge in [0.05, 0.1) is 5.69 Å². The molecular weight excluding hydrogens is 277 g/mol.